The first-order valence-corrected chi connectivity index (χ1v) is 6.10. The van der Waals surface area contributed by atoms with Crippen LogP contribution in [0.3, 0.4) is 0 Å². The molecular weight excluding hydrogens is 188 g/mol. The smallest absolute Gasteiger partial charge is 0.237 e. The largest absolute Gasteiger partial charge is 0.350 e. The molecule has 0 radical (unpaired) electrons. The van der Waals surface area contributed by atoms with Crippen molar-refractivity contribution in [2.75, 3.05) is 6.54 Å². The van der Waals surface area contributed by atoms with E-state index in [0.29, 0.717) is 0 Å². The fourth-order valence-corrected chi connectivity index (χ4v) is 1.76. The molecule has 1 aliphatic heterocycles. The summed E-state index contributed by atoms with van der Waals surface area (Å²) in [6.07, 6.45) is 5.55. The van der Waals surface area contributed by atoms with Crippen molar-refractivity contribution in [1.82, 2.24) is 10.6 Å². The van der Waals surface area contributed by atoms with Gasteiger partial charge in [-0.2, -0.15) is 0 Å². The first-order valence-electron chi connectivity index (χ1n) is 6.10. The summed E-state index contributed by atoms with van der Waals surface area (Å²) in [7, 11) is 0. The normalized spacial score (nSPS) is 23.3. The summed E-state index contributed by atoms with van der Waals surface area (Å²) in [6.45, 7) is 7.22. The van der Waals surface area contributed by atoms with Gasteiger partial charge in [-0.05, 0) is 39.7 Å². The Balaban J connectivity index is 2.44. The molecule has 15 heavy (non-hydrogen) atoms. The highest BCUT2D eigenvalue weighted by molar-refractivity contribution is 5.82. The molecule has 2 N–H and O–H groups in total. The second kappa shape index (κ2) is 5.50. The quantitative estimate of drug-likeness (QED) is 0.749. The topological polar surface area (TPSA) is 41.1 Å². The molecule has 1 rings (SSSR count). The molecule has 1 amide bonds. The van der Waals surface area contributed by atoms with Gasteiger partial charge in [0, 0.05) is 5.54 Å². The summed E-state index contributed by atoms with van der Waals surface area (Å²) in [4.78, 5) is 12.0. The van der Waals surface area contributed by atoms with Crippen molar-refractivity contribution < 1.29 is 4.79 Å². The lowest BCUT2D eigenvalue weighted by atomic mass is 10.0. The Bertz CT molecular complexity index is 206. The van der Waals surface area contributed by atoms with Gasteiger partial charge in [-0.25, -0.2) is 0 Å². The summed E-state index contributed by atoms with van der Waals surface area (Å²) >= 11 is 0. The van der Waals surface area contributed by atoms with E-state index >= 15 is 0 Å². The van der Waals surface area contributed by atoms with Crippen LogP contribution in [0.5, 0.6) is 0 Å². The standard InChI is InChI=1S/C12H24N2O/c1-4-12(2,3)14-11(15)10-8-6-5-7-9-13-10/h10,13H,4-9H2,1-3H3,(H,14,15). The van der Waals surface area contributed by atoms with Crippen molar-refractivity contribution in [1.29, 1.82) is 0 Å². The lowest BCUT2D eigenvalue weighted by Crippen LogP contribution is -2.51. The molecule has 0 aromatic heterocycles. The number of nitrogens with one attached hydrogen (secondary N) is 2. The Morgan fingerprint density at radius 2 is 2.13 bits per heavy atom. The molecule has 0 spiro atoms. The molecule has 0 saturated carbocycles. The van der Waals surface area contributed by atoms with E-state index in [0.717, 1.165) is 25.8 Å². The minimum absolute atomic E-state index is 0.0262. The van der Waals surface area contributed by atoms with Crippen molar-refractivity contribution >= 4 is 5.91 Å². The average Bonchev–Trinajstić information content (AvgIpc) is 2.45. The summed E-state index contributed by atoms with van der Waals surface area (Å²) < 4.78 is 0. The molecule has 1 fully saturated rings. The van der Waals surface area contributed by atoms with E-state index in [4.69, 9.17) is 0 Å². The second-order valence-electron chi connectivity index (χ2n) is 5.08. The minimum Gasteiger partial charge on any atom is -0.350 e. The van der Waals surface area contributed by atoms with Crippen LogP contribution in [-0.4, -0.2) is 24.0 Å². The highest BCUT2D eigenvalue weighted by atomic mass is 16.2. The zero-order valence-corrected chi connectivity index (χ0v) is 10.2. The van der Waals surface area contributed by atoms with E-state index in [1.54, 1.807) is 0 Å². The zero-order chi connectivity index (χ0) is 11.3. The van der Waals surface area contributed by atoms with Crippen LogP contribution in [-0.2, 0) is 4.79 Å². The average molecular weight is 212 g/mol. The van der Waals surface area contributed by atoms with E-state index in [-0.39, 0.29) is 17.5 Å². The van der Waals surface area contributed by atoms with Crippen molar-refractivity contribution in [2.24, 2.45) is 0 Å². The fraction of sp³-hybridized carbons (Fsp3) is 0.917. The number of hydrogen-bond acceptors (Lipinski definition) is 2. The van der Waals surface area contributed by atoms with Gasteiger partial charge in [0.1, 0.15) is 0 Å². The molecule has 1 atom stereocenters. The highest BCUT2D eigenvalue weighted by Crippen LogP contribution is 2.11. The van der Waals surface area contributed by atoms with Gasteiger partial charge in [-0.1, -0.05) is 19.8 Å². The Labute approximate surface area is 93.0 Å². The third-order valence-corrected chi connectivity index (χ3v) is 3.22. The first kappa shape index (κ1) is 12.5. The zero-order valence-electron chi connectivity index (χ0n) is 10.2. The lowest BCUT2D eigenvalue weighted by molar-refractivity contribution is -0.124. The molecule has 3 nitrogen and oxygen atoms in total. The summed E-state index contributed by atoms with van der Waals surface area (Å²) in [5.41, 5.74) is -0.0783. The molecule has 0 aromatic rings. The van der Waals surface area contributed by atoms with Gasteiger partial charge in [0.2, 0.25) is 5.91 Å². The van der Waals surface area contributed by atoms with Crippen molar-refractivity contribution in [2.45, 2.75) is 64.5 Å². The Hall–Kier alpha value is -0.570. The van der Waals surface area contributed by atoms with Gasteiger partial charge in [-0.3, -0.25) is 4.79 Å². The van der Waals surface area contributed by atoms with Crippen molar-refractivity contribution in [3.05, 3.63) is 0 Å². The van der Waals surface area contributed by atoms with E-state index in [1.807, 2.05) is 0 Å². The van der Waals surface area contributed by atoms with Crippen LogP contribution in [0.25, 0.3) is 0 Å². The van der Waals surface area contributed by atoms with Crippen LogP contribution in [0.4, 0.5) is 0 Å². The first-order chi connectivity index (χ1) is 7.05. The van der Waals surface area contributed by atoms with Gasteiger partial charge in [0.05, 0.1) is 6.04 Å². The molecule has 0 bridgehead atoms. The van der Waals surface area contributed by atoms with Crippen LogP contribution < -0.4 is 10.6 Å². The van der Waals surface area contributed by atoms with E-state index in [1.165, 1.54) is 12.8 Å². The maximum Gasteiger partial charge on any atom is 0.237 e. The van der Waals surface area contributed by atoms with Gasteiger partial charge in [0.25, 0.3) is 0 Å². The molecule has 1 aliphatic rings. The Kier molecular flexibility index (Phi) is 4.58. The van der Waals surface area contributed by atoms with Crippen LogP contribution in [0.15, 0.2) is 0 Å². The second-order valence-corrected chi connectivity index (χ2v) is 5.08. The maximum absolute atomic E-state index is 12.0. The highest BCUT2D eigenvalue weighted by Gasteiger charge is 2.24. The third-order valence-electron chi connectivity index (χ3n) is 3.22. The summed E-state index contributed by atoms with van der Waals surface area (Å²) in [5.74, 6) is 0.170. The molecule has 3 heteroatoms. The molecule has 1 unspecified atom stereocenters. The van der Waals surface area contributed by atoms with Crippen LogP contribution in [0, 0.1) is 0 Å². The van der Waals surface area contributed by atoms with E-state index in [2.05, 4.69) is 31.4 Å². The van der Waals surface area contributed by atoms with Gasteiger partial charge in [0.15, 0.2) is 0 Å². The number of amides is 1. The predicted molar refractivity (Wildman–Crippen MR) is 62.8 cm³/mol. The van der Waals surface area contributed by atoms with E-state index < -0.39 is 0 Å². The number of rotatable bonds is 3. The Morgan fingerprint density at radius 1 is 1.40 bits per heavy atom. The fourth-order valence-electron chi connectivity index (χ4n) is 1.76. The number of carbonyl (C=O) groups excluding carboxylic acids is 1. The molecule has 88 valence electrons. The SMILES string of the molecule is CCC(C)(C)NC(=O)C1CCCCCN1. The van der Waals surface area contributed by atoms with E-state index in [9.17, 15) is 4.79 Å². The third kappa shape index (κ3) is 4.20. The summed E-state index contributed by atoms with van der Waals surface area (Å²) in [5, 5.41) is 6.42. The number of carbonyl (C=O) groups is 1. The molecule has 0 aliphatic carbocycles. The van der Waals surface area contributed by atoms with Gasteiger partial charge < -0.3 is 10.6 Å². The van der Waals surface area contributed by atoms with Crippen LogP contribution >= 0.6 is 0 Å². The van der Waals surface area contributed by atoms with Crippen LogP contribution in [0.2, 0.25) is 0 Å². The molecule has 1 heterocycles. The predicted octanol–water partition coefficient (Wildman–Crippen LogP) is 1.82. The number of hydrogen-bond donors (Lipinski definition) is 2. The van der Waals surface area contributed by atoms with Crippen molar-refractivity contribution in [3.63, 3.8) is 0 Å². The van der Waals surface area contributed by atoms with Gasteiger partial charge in [-0.15, -0.1) is 0 Å². The lowest BCUT2D eigenvalue weighted by Gasteiger charge is -2.27. The Morgan fingerprint density at radius 3 is 2.80 bits per heavy atom. The molecular formula is C12H24N2O. The monoisotopic (exact) mass is 212 g/mol. The summed E-state index contributed by atoms with van der Waals surface area (Å²) in [6, 6.07) is 0.0262. The van der Waals surface area contributed by atoms with Crippen LogP contribution in [0.1, 0.15) is 52.9 Å². The minimum atomic E-state index is -0.0783. The maximum atomic E-state index is 12.0. The van der Waals surface area contributed by atoms with Gasteiger partial charge >= 0.3 is 0 Å². The van der Waals surface area contributed by atoms with Crippen molar-refractivity contribution in [3.8, 4) is 0 Å². The molecule has 0 aromatic carbocycles. The molecule has 1 saturated heterocycles.